The van der Waals surface area contributed by atoms with Crippen LogP contribution in [0.3, 0.4) is 0 Å². The van der Waals surface area contributed by atoms with Gasteiger partial charge < -0.3 is 5.32 Å². The van der Waals surface area contributed by atoms with E-state index in [0.717, 1.165) is 43.3 Å². The number of nitrogens with zero attached hydrogens (tertiary/aromatic N) is 1. The van der Waals surface area contributed by atoms with Crippen LogP contribution in [0.4, 0.5) is 10.1 Å². The van der Waals surface area contributed by atoms with E-state index in [1.807, 2.05) is 12.1 Å². The van der Waals surface area contributed by atoms with Crippen molar-refractivity contribution in [3.05, 3.63) is 36.3 Å². The molecule has 1 aliphatic carbocycles. The molecule has 0 atom stereocenters. The Hall–Kier alpha value is -1.73. The zero-order valence-corrected chi connectivity index (χ0v) is 16.0. The fraction of sp³-hybridized carbons (Fsp3) is 0.526. The standard InChI is InChI=1S/C19H26FN3O2S/c1-13(2)26(24,25)23-16-7-5-14(6-8-16)12-22-17-10-15-4-3-9-21-19(15)18(20)11-17/h3-4,9-11,13-14,16,22-23H,5-8,12H2,1-2H3. The molecule has 0 amide bonds. The molecule has 1 aliphatic rings. The maximum atomic E-state index is 14.1. The molecule has 5 nitrogen and oxygen atoms in total. The number of fused-ring (bicyclic) bond motifs is 1. The van der Waals surface area contributed by atoms with Gasteiger partial charge in [-0.25, -0.2) is 17.5 Å². The zero-order chi connectivity index (χ0) is 18.7. The number of sulfonamides is 1. The molecule has 0 radical (unpaired) electrons. The van der Waals surface area contributed by atoms with Gasteiger partial charge in [-0.2, -0.15) is 0 Å². The molecule has 3 rings (SSSR count). The fourth-order valence-corrected chi connectivity index (χ4v) is 4.34. The SMILES string of the molecule is CC(C)S(=O)(=O)NC1CCC(CNc2cc(F)c3ncccc3c2)CC1. The van der Waals surface area contributed by atoms with Gasteiger partial charge in [0.15, 0.2) is 5.82 Å². The van der Waals surface area contributed by atoms with Gasteiger partial charge in [-0.1, -0.05) is 6.07 Å². The second-order valence-electron chi connectivity index (χ2n) is 7.34. The van der Waals surface area contributed by atoms with Crippen LogP contribution < -0.4 is 10.0 Å². The van der Waals surface area contributed by atoms with Crippen molar-refractivity contribution in [1.82, 2.24) is 9.71 Å². The number of benzene rings is 1. The third-order valence-corrected chi connectivity index (χ3v) is 6.95. The van der Waals surface area contributed by atoms with Gasteiger partial charge in [0.2, 0.25) is 10.0 Å². The Bertz CT molecular complexity index is 862. The van der Waals surface area contributed by atoms with Crippen molar-refractivity contribution in [1.29, 1.82) is 0 Å². The first-order chi connectivity index (χ1) is 12.3. The van der Waals surface area contributed by atoms with Gasteiger partial charge in [-0.15, -0.1) is 0 Å². The second kappa shape index (κ2) is 7.88. The summed E-state index contributed by atoms with van der Waals surface area (Å²) < 4.78 is 40.9. The number of pyridine rings is 1. The zero-order valence-electron chi connectivity index (χ0n) is 15.2. The molecular formula is C19H26FN3O2S. The van der Waals surface area contributed by atoms with Crippen LogP contribution in [0.25, 0.3) is 10.9 Å². The summed E-state index contributed by atoms with van der Waals surface area (Å²) >= 11 is 0. The Morgan fingerprint density at radius 2 is 1.96 bits per heavy atom. The van der Waals surface area contributed by atoms with Crippen LogP contribution in [-0.2, 0) is 10.0 Å². The van der Waals surface area contributed by atoms with Crippen LogP contribution in [0, 0.1) is 11.7 Å². The van der Waals surface area contributed by atoms with Gasteiger partial charge >= 0.3 is 0 Å². The highest BCUT2D eigenvalue weighted by Crippen LogP contribution is 2.27. The second-order valence-corrected chi connectivity index (χ2v) is 9.61. The maximum absolute atomic E-state index is 14.1. The van der Waals surface area contributed by atoms with Crippen LogP contribution in [0.15, 0.2) is 30.5 Å². The first kappa shape index (κ1) is 19.0. The van der Waals surface area contributed by atoms with Crippen molar-refractivity contribution in [3.63, 3.8) is 0 Å². The Kier molecular flexibility index (Phi) is 5.77. The largest absolute Gasteiger partial charge is 0.385 e. The summed E-state index contributed by atoms with van der Waals surface area (Å²) in [6.45, 7) is 4.14. The molecule has 1 aromatic heterocycles. The molecule has 0 aliphatic heterocycles. The summed E-state index contributed by atoms with van der Waals surface area (Å²) in [4.78, 5) is 4.06. The summed E-state index contributed by atoms with van der Waals surface area (Å²) in [6, 6.07) is 7.07. The highest BCUT2D eigenvalue weighted by atomic mass is 32.2. The molecule has 1 fully saturated rings. The lowest BCUT2D eigenvalue weighted by molar-refractivity contribution is 0.323. The van der Waals surface area contributed by atoms with E-state index in [1.165, 1.54) is 6.07 Å². The number of nitrogens with one attached hydrogen (secondary N) is 2. The van der Waals surface area contributed by atoms with E-state index in [4.69, 9.17) is 0 Å². The number of anilines is 1. The summed E-state index contributed by atoms with van der Waals surface area (Å²) in [6.07, 6.45) is 5.18. The molecule has 0 unspecified atom stereocenters. The number of hydrogen-bond donors (Lipinski definition) is 2. The summed E-state index contributed by atoms with van der Waals surface area (Å²) in [5.41, 5.74) is 1.14. The Labute approximate surface area is 154 Å². The van der Waals surface area contributed by atoms with E-state index in [0.29, 0.717) is 11.4 Å². The van der Waals surface area contributed by atoms with Crippen molar-refractivity contribution < 1.29 is 12.8 Å². The fourth-order valence-electron chi connectivity index (χ4n) is 3.36. The van der Waals surface area contributed by atoms with E-state index in [9.17, 15) is 12.8 Å². The molecule has 0 spiro atoms. The Morgan fingerprint density at radius 3 is 2.65 bits per heavy atom. The third kappa shape index (κ3) is 4.51. The van der Waals surface area contributed by atoms with Crippen LogP contribution in [0.2, 0.25) is 0 Å². The summed E-state index contributed by atoms with van der Waals surface area (Å²) in [5, 5.41) is 3.70. The van der Waals surface area contributed by atoms with Gasteiger partial charge in [0.1, 0.15) is 5.52 Å². The normalized spacial score (nSPS) is 21.2. The number of halogens is 1. The Balaban J connectivity index is 1.53. The van der Waals surface area contributed by atoms with E-state index >= 15 is 0 Å². The Morgan fingerprint density at radius 1 is 1.23 bits per heavy atom. The molecular weight excluding hydrogens is 353 g/mol. The molecule has 26 heavy (non-hydrogen) atoms. The lowest BCUT2D eigenvalue weighted by Gasteiger charge is -2.29. The monoisotopic (exact) mass is 379 g/mol. The van der Waals surface area contributed by atoms with Crippen LogP contribution in [0.1, 0.15) is 39.5 Å². The third-order valence-electron chi connectivity index (χ3n) is 5.05. The van der Waals surface area contributed by atoms with Crippen molar-refractivity contribution in [3.8, 4) is 0 Å². The summed E-state index contributed by atoms with van der Waals surface area (Å²) in [7, 11) is -3.21. The molecule has 2 N–H and O–H groups in total. The van der Waals surface area contributed by atoms with Gasteiger partial charge in [0.25, 0.3) is 0 Å². The average Bonchev–Trinajstić information content (AvgIpc) is 2.61. The first-order valence-corrected chi connectivity index (χ1v) is 10.7. The first-order valence-electron chi connectivity index (χ1n) is 9.14. The molecule has 7 heteroatoms. The molecule has 1 heterocycles. The van der Waals surface area contributed by atoms with Gasteiger partial charge in [0.05, 0.1) is 5.25 Å². The van der Waals surface area contributed by atoms with Gasteiger partial charge in [-0.05, 0) is 63.6 Å². The van der Waals surface area contributed by atoms with Gasteiger partial charge in [-0.3, -0.25) is 4.98 Å². The maximum Gasteiger partial charge on any atom is 0.214 e. The van der Waals surface area contributed by atoms with E-state index in [1.54, 1.807) is 26.1 Å². The van der Waals surface area contributed by atoms with E-state index in [-0.39, 0.29) is 11.9 Å². The highest BCUT2D eigenvalue weighted by molar-refractivity contribution is 7.90. The van der Waals surface area contributed by atoms with Crippen molar-refractivity contribution in [2.75, 3.05) is 11.9 Å². The van der Waals surface area contributed by atoms with Crippen LogP contribution in [0.5, 0.6) is 0 Å². The van der Waals surface area contributed by atoms with Gasteiger partial charge in [0, 0.05) is 29.9 Å². The van der Waals surface area contributed by atoms with Crippen molar-refractivity contribution >= 4 is 26.6 Å². The minimum atomic E-state index is -3.21. The highest BCUT2D eigenvalue weighted by Gasteiger charge is 2.26. The molecule has 1 aromatic carbocycles. The topological polar surface area (TPSA) is 71.1 Å². The summed E-state index contributed by atoms with van der Waals surface area (Å²) in [5.74, 6) is 0.139. The van der Waals surface area contributed by atoms with Crippen LogP contribution >= 0.6 is 0 Å². The molecule has 0 saturated heterocycles. The lowest BCUT2D eigenvalue weighted by atomic mass is 9.86. The lowest BCUT2D eigenvalue weighted by Crippen LogP contribution is -2.41. The van der Waals surface area contributed by atoms with E-state index < -0.39 is 15.3 Å². The number of rotatable bonds is 6. The quantitative estimate of drug-likeness (QED) is 0.803. The van der Waals surface area contributed by atoms with Crippen molar-refractivity contribution in [2.45, 2.75) is 50.8 Å². The smallest absolute Gasteiger partial charge is 0.214 e. The molecule has 1 saturated carbocycles. The minimum absolute atomic E-state index is 0.0304. The minimum Gasteiger partial charge on any atom is -0.385 e. The molecule has 0 bridgehead atoms. The molecule has 142 valence electrons. The van der Waals surface area contributed by atoms with E-state index in [2.05, 4.69) is 15.0 Å². The predicted molar refractivity (Wildman–Crippen MR) is 103 cm³/mol. The van der Waals surface area contributed by atoms with Crippen molar-refractivity contribution in [2.24, 2.45) is 5.92 Å². The van der Waals surface area contributed by atoms with Crippen LogP contribution in [-0.4, -0.2) is 31.2 Å². The average molecular weight is 380 g/mol. The predicted octanol–water partition coefficient (Wildman–Crippen LogP) is 3.67. The molecule has 2 aromatic rings. The number of aromatic nitrogens is 1. The number of hydrogen-bond acceptors (Lipinski definition) is 4.